The van der Waals surface area contributed by atoms with Gasteiger partial charge in [-0.25, -0.2) is 8.42 Å². The minimum absolute atomic E-state index is 0.226. The zero-order chi connectivity index (χ0) is 11.7. The Morgan fingerprint density at radius 1 is 1.13 bits per heavy atom. The second kappa shape index (κ2) is 4.06. The summed E-state index contributed by atoms with van der Waals surface area (Å²) in [5.74, 6) is 0.226. The molecule has 90 valence electrons. The summed E-state index contributed by atoms with van der Waals surface area (Å²) in [4.78, 5) is 0. The van der Waals surface area contributed by atoms with Crippen molar-refractivity contribution in [2.45, 2.75) is 51.5 Å². The van der Waals surface area contributed by atoms with E-state index >= 15 is 0 Å². The molecule has 0 amide bonds. The van der Waals surface area contributed by atoms with Gasteiger partial charge in [0.25, 0.3) is 0 Å². The topological polar surface area (TPSA) is 60.2 Å². The maximum absolute atomic E-state index is 11.1. The molecule has 0 heterocycles. The van der Waals surface area contributed by atoms with Gasteiger partial charge in [0.05, 0.1) is 5.75 Å². The van der Waals surface area contributed by atoms with Crippen LogP contribution in [0, 0.1) is 5.41 Å². The van der Waals surface area contributed by atoms with Crippen LogP contribution in [-0.2, 0) is 9.84 Å². The van der Waals surface area contributed by atoms with Crippen molar-refractivity contribution in [1.29, 1.82) is 0 Å². The molecule has 1 saturated carbocycles. The Morgan fingerprint density at radius 3 is 2.00 bits per heavy atom. The van der Waals surface area contributed by atoms with Gasteiger partial charge < -0.3 is 5.73 Å². The van der Waals surface area contributed by atoms with Crippen molar-refractivity contribution in [3.05, 3.63) is 0 Å². The molecule has 1 fully saturated rings. The second-order valence-corrected chi connectivity index (χ2v) is 8.17. The number of hydrogen-bond donors (Lipinski definition) is 1. The third-order valence-corrected chi connectivity index (χ3v) is 4.52. The highest BCUT2D eigenvalue weighted by Crippen LogP contribution is 2.40. The lowest BCUT2D eigenvalue weighted by Gasteiger charge is -2.41. The highest BCUT2D eigenvalue weighted by molar-refractivity contribution is 7.90. The number of nitrogens with two attached hydrogens (primary N) is 1. The molecule has 1 rings (SSSR count). The first-order valence-electron chi connectivity index (χ1n) is 5.59. The summed E-state index contributed by atoms with van der Waals surface area (Å²) < 4.78 is 22.2. The van der Waals surface area contributed by atoms with Gasteiger partial charge in [0.15, 0.2) is 0 Å². The molecule has 2 N–H and O–H groups in total. The molecule has 0 aliphatic heterocycles. The van der Waals surface area contributed by atoms with Crippen LogP contribution in [0.4, 0.5) is 0 Å². The Kier molecular flexibility index (Phi) is 3.51. The molecule has 0 aromatic carbocycles. The van der Waals surface area contributed by atoms with E-state index in [0.29, 0.717) is 11.8 Å². The Morgan fingerprint density at radius 2 is 1.60 bits per heavy atom. The van der Waals surface area contributed by atoms with Crippen molar-refractivity contribution in [2.75, 3.05) is 12.0 Å². The van der Waals surface area contributed by atoms with E-state index in [1.807, 2.05) is 0 Å². The number of rotatable bonds is 3. The summed E-state index contributed by atoms with van der Waals surface area (Å²) in [6.45, 7) is 4.51. The highest BCUT2D eigenvalue weighted by atomic mass is 32.2. The molecule has 0 aromatic rings. The van der Waals surface area contributed by atoms with E-state index in [0.717, 1.165) is 25.7 Å². The van der Waals surface area contributed by atoms with Gasteiger partial charge in [-0.05, 0) is 37.5 Å². The molecule has 3 nitrogen and oxygen atoms in total. The van der Waals surface area contributed by atoms with Crippen LogP contribution in [0.15, 0.2) is 0 Å². The second-order valence-electron chi connectivity index (χ2n) is 5.91. The van der Waals surface area contributed by atoms with E-state index in [1.54, 1.807) is 0 Å². The summed E-state index contributed by atoms with van der Waals surface area (Å²) in [6.07, 6.45) is 6.01. The lowest BCUT2D eigenvalue weighted by Crippen LogP contribution is -2.46. The summed E-state index contributed by atoms with van der Waals surface area (Å²) in [7, 11) is -2.87. The van der Waals surface area contributed by atoms with Crippen LogP contribution >= 0.6 is 0 Å². The van der Waals surface area contributed by atoms with Gasteiger partial charge >= 0.3 is 0 Å². The monoisotopic (exact) mass is 233 g/mol. The van der Waals surface area contributed by atoms with Crippen molar-refractivity contribution in [2.24, 2.45) is 11.1 Å². The fourth-order valence-electron chi connectivity index (χ4n) is 2.06. The zero-order valence-corrected chi connectivity index (χ0v) is 10.9. The Balaban J connectivity index is 2.49. The van der Waals surface area contributed by atoms with Gasteiger partial charge in [0, 0.05) is 11.8 Å². The molecule has 0 radical (unpaired) electrons. The number of hydrogen-bond acceptors (Lipinski definition) is 3. The van der Waals surface area contributed by atoms with E-state index in [2.05, 4.69) is 13.8 Å². The standard InChI is InChI=1S/C11H23NO2S/c1-10(2)4-6-11(12,7-5-10)8-9-15(3,13)14/h4-9,12H2,1-3H3. The predicted molar refractivity (Wildman–Crippen MR) is 63.5 cm³/mol. The molecule has 4 heteroatoms. The Hall–Kier alpha value is -0.0900. The molecule has 0 unspecified atom stereocenters. The Labute approximate surface area is 93.3 Å². The van der Waals surface area contributed by atoms with E-state index in [9.17, 15) is 8.42 Å². The van der Waals surface area contributed by atoms with Gasteiger partial charge in [-0.1, -0.05) is 13.8 Å². The van der Waals surface area contributed by atoms with Crippen LogP contribution in [-0.4, -0.2) is 26.0 Å². The van der Waals surface area contributed by atoms with Gasteiger partial charge in [0.1, 0.15) is 9.84 Å². The largest absolute Gasteiger partial charge is 0.325 e. The number of sulfone groups is 1. The van der Waals surface area contributed by atoms with Crippen LogP contribution < -0.4 is 5.73 Å². The minimum atomic E-state index is -2.87. The molecule has 0 bridgehead atoms. The van der Waals surface area contributed by atoms with Gasteiger partial charge in [-0.15, -0.1) is 0 Å². The summed E-state index contributed by atoms with van der Waals surface area (Å²) in [5, 5.41) is 0. The van der Waals surface area contributed by atoms with Crippen molar-refractivity contribution >= 4 is 9.84 Å². The van der Waals surface area contributed by atoms with E-state index in [1.165, 1.54) is 6.26 Å². The molecule has 0 spiro atoms. The molecule has 0 saturated heterocycles. The van der Waals surface area contributed by atoms with Gasteiger partial charge in [0.2, 0.25) is 0 Å². The summed E-state index contributed by atoms with van der Waals surface area (Å²) in [6, 6.07) is 0. The Bertz CT molecular complexity index is 309. The first-order chi connectivity index (χ1) is 6.62. The smallest absolute Gasteiger partial charge is 0.147 e. The quantitative estimate of drug-likeness (QED) is 0.807. The maximum Gasteiger partial charge on any atom is 0.147 e. The highest BCUT2D eigenvalue weighted by Gasteiger charge is 2.35. The average molecular weight is 233 g/mol. The first-order valence-corrected chi connectivity index (χ1v) is 7.65. The van der Waals surface area contributed by atoms with Crippen molar-refractivity contribution < 1.29 is 8.42 Å². The summed E-state index contributed by atoms with van der Waals surface area (Å²) >= 11 is 0. The molecule has 0 aromatic heterocycles. The molecule has 15 heavy (non-hydrogen) atoms. The van der Waals surface area contributed by atoms with E-state index in [-0.39, 0.29) is 11.3 Å². The minimum Gasteiger partial charge on any atom is -0.325 e. The van der Waals surface area contributed by atoms with Crippen LogP contribution in [0.25, 0.3) is 0 Å². The van der Waals surface area contributed by atoms with E-state index < -0.39 is 9.84 Å². The van der Waals surface area contributed by atoms with Crippen LogP contribution in [0.3, 0.4) is 0 Å². The normalized spacial score (nSPS) is 25.1. The van der Waals surface area contributed by atoms with Crippen LogP contribution in [0.5, 0.6) is 0 Å². The zero-order valence-electron chi connectivity index (χ0n) is 10.0. The maximum atomic E-state index is 11.1. The van der Waals surface area contributed by atoms with Crippen molar-refractivity contribution in [3.63, 3.8) is 0 Å². The van der Waals surface area contributed by atoms with Gasteiger partial charge in [-0.2, -0.15) is 0 Å². The fourth-order valence-corrected chi connectivity index (χ4v) is 2.84. The lowest BCUT2D eigenvalue weighted by molar-refractivity contribution is 0.162. The fraction of sp³-hybridized carbons (Fsp3) is 1.00. The molecule has 1 aliphatic carbocycles. The molecule has 0 atom stereocenters. The van der Waals surface area contributed by atoms with Crippen LogP contribution in [0.2, 0.25) is 0 Å². The predicted octanol–water partition coefficient (Wildman–Crippen LogP) is 1.72. The third kappa shape index (κ3) is 4.51. The molecular formula is C11H23NO2S. The lowest BCUT2D eigenvalue weighted by atomic mass is 9.69. The third-order valence-electron chi connectivity index (χ3n) is 3.57. The molecular weight excluding hydrogens is 210 g/mol. The van der Waals surface area contributed by atoms with E-state index in [4.69, 9.17) is 5.73 Å². The summed E-state index contributed by atoms with van der Waals surface area (Å²) in [5.41, 5.74) is 6.37. The SMILES string of the molecule is CC1(C)CCC(N)(CCS(C)(=O)=O)CC1. The average Bonchev–Trinajstić information content (AvgIpc) is 2.07. The molecule has 1 aliphatic rings. The van der Waals surface area contributed by atoms with Crippen molar-refractivity contribution in [3.8, 4) is 0 Å². The van der Waals surface area contributed by atoms with Gasteiger partial charge in [-0.3, -0.25) is 0 Å². The van der Waals surface area contributed by atoms with Crippen LogP contribution in [0.1, 0.15) is 46.0 Å². The first kappa shape index (κ1) is 13.0. The van der Waals surface area contributed by atoms with Crippen molar-refractivity contribution in [1.82, 2.24) is 0 Å².